The van der Waals surface area contributed by atoms with Gasteiger partial charge in [-0.3, -0.25) is 24.4 Å². The highest BCUT2D eigenvalue weighted by molar-refractivity contribution is 6.34. The Hall–Kier alpha value is -4.72. The van der Waals surface area contributed by atoms with Crippen LogP contribution in [0.2, 0.25) is 5.02 Å². The molecule has 1 atom stereocenters. The number of hydrogen-bond acceptors (Lipinski definition) is 9. The van der Waals surface area contributed by atoms with Crippen LogP contribution in [0.3, 0.4) is 0 Å². The van der Waals surface area contributed by atoms with Crippen molar-refractivity contribution in [2.75, 3.05) is 17.2 Å². The van der Waals surface area contributed by atoms with Gasteiger partial charge in [0.1, 0.15) is 46.4 Å². The number of amides is 3. The Balaban J connectivity index is 1.58. The van der Waals surface area contributed by atoms with Gasteiger partial charge in [0.05, 0.1) is 11.6 Å². The molecule has 3 aromatic rings. The van der Waals surface area contributed by atoms with Gasteiger partial charge in [0.25, 0.3) is 11.5 Å². The summed E-state index contributed by atoms with van der Waals surface area (Å²) in [6, 6.07) is 6.56. The lowest BCUT2D eigenvalue weighted by atomic mass is 9.89. The lowest BCUT2D eigenvalue weighted by Gasteiger charge is -2.42. The Morgan fingerprint density at radius 2 is 1.70 bits per heavy atom. The Bertz CT molecular complexity index is 1750. The van der Waals surface area contributed by atoms with E-state index in [2.05, 4.69) is 25.9 Å². The van der Waals surface area contributed by atoms with Crippen LogP contribution in [0.25, 0.3) is 0 Å². The smallest absolute Gasteiger partial charge is 0.413 e. The summed E-state index contributed by atoms with van der Waals surface area (Å²) in [4.78, 5) is 62.4. The predicted octanol–water partition coefficient (Wildman–Crippen LogP) is 4.72. The second-order valence-electron chi connectivity index (χ2n) is 12.4. The molecule has 0 saturated heterocycles. The first-order valence-corrected chi connectivity index (χ1v) is 14.0. The van der Waals surface area contributed by atoms with E-state index in [-0.39, 0.29) is 46.7 Å². The first kappa shape index (κ1) is 30.7. The molecule has 15 heteroatoms. The van der Waals surface area contributed by atoms with Gasteiger partial charge in [0.15, 0.2) is 5.66 Å². The largest absolute Gasteiger partial charge is 0.444 e. The highest BCUT2D eigenvalue weighted by atomic mass is 35.5. The van der Waals surface area contributed by atoms with Crippen molar-refractivity contribution in [2.45, 2.75) is 65.0 Å². The maximum absolute atomic E-state index is 14.7. The topological polar surface area (TPSA) is 157 Å². The number of nitrogens with zero attached hydrogens (tertiary/aromatic N) is 4. The lowest BCUT2D eigenvalue weighted by Crippen LogP contribution is -2.59. The molecule has 1 spiro atoms. The number of carbonyl (C=O) groups is 3. The summed E-state index contributed by atoms with van der Waals surface area (Å²) in [7, 11) is 0. The third kappa shape index (κ3) is 6.02. The van der Waals surface area contributed by atoms with E-state index in [9.17, 15) is 23.6 Å². The van der Waals surface area contributed by atoms with Crippen molar-refractivity contribution >= 4 is 47.0 Å². The molecule has 2 aromatic heterocycles. The van der Waals surface area contributed by atoms with Gasteiger partial charge in [-0.1, -0.05) is 17.7 Å². The van der Waals surface area contributed by atoms with Crippen LogP contribution >= 0.6 is 11.6 Å². The predicted molar refractivity (Wildman–Crippen MR) is 158 cm³/mol. The zero-order valence-corrected chi connectivity index (χ0v) is 25.6. The number of halogens is 2. The SMILES string of the molecule is CC(C)(C)OC(=O)Nc1cc(Nc2cc(Cl)c3n(c2=O)C2(CN(C(=O)OC(C)(C)C)Cc4ccc(F)cc42)NC3=O)ncn1. The van der Waals surface area contributed by atoms with Crippen molar-refractivity contribution in [3.8, 4) is 0 Å². The maximum atomic E-state index is 14.7. The van der Waals surface area contributed by atoms with E-state index >= 15 is 0 Å². The second-order valence-corrected chi connectivity index (χ2v) is 12.8. The minimum Gasteiger partial charge on any atom is -0.444 e. The van der Waals surface area contributed by atoms with Gasteiger partial charge in [0.2, 0.25) is 0 Å². The molecule has 5 rings (SSSR count). The fourth-order valence-electron chi connectivity index (χ4n) is 5.04. The Labute approximate surface area is 256 Å². The molecule has 0 fully saturated rings. The number of ether oxygens (including phenoxy) is 2. The van der Waals surface area contributed by atoms with E-state index < -0.39 is 46.3 Å². The summed E-state index contributed by atoms with van der Waals surface area (Å²) in [5, 5.41) is 8.06. The number of nitrogens with one attached hydrogen (secondary N) is 3. The van der Waals surface area contributed by atoms with Crippen LogP contribution in [0.5, 0.6) is 0 Å². The van der Waals surface area contributed by atoms with E-state index in [1.54, 1.807) is 41.5 Å². The molecule has 3 N–H and O–H groups in total. The molecule has 2 aliphatic heterocycles. The third-order valence-electron chi connectivity index (χ3n) is 6.58. The highest BCUT2D eigenvalue weighted by Crippen LogP contribution is 2.40. The summed E-state index contributed by atoms with van der Waals surface area (Å²) >= 11 is 6.57. The van der Waals surface area contributed by atoms with Crippen LogP contribution in [-0.4, -0.2) is 55.3 Å². The molecule has 44 heavy (non-hydrogen) atoms. The maximum Gasteiger partial charge on any atom is 0.413 e. The molecule has 0 radical (unpaired) electrons. The van der Waals surface area contributed by atoms with Crippen molar-refractivity contribution in [1.82, 2.24) is 24.8 Å². The van der Waals surface area contributed by atoms with Gasteiger partial charge in [-0.15, -0.1) is 0 Å². The molecule has 3 amide bonds. The third-order valence-corrected chi connectivity index (χ3v) is 6.87. The summed E-state index contributed by atoms with van der Waals surface area (Å²) in [6.45, 7) is 10.1. The first-order valence-electron chi connectivity index (χ1n) is 13.6. The molecular formula is C29H31ClFN7O6. The van der Waals surface area contributed by atoms with Gasteiger partial charge < -0.3 is 20.1 Å². The normalized spacial score (nSPS) is 17.5. The number of aromatic nitrogens is 3. The van der Waals surface area contributed by atoms with Crippen molar-refractivity contribution in [3.05, 3.63) is 74.7 Å². The van der Waals surface area contributed by atoms with E-state index in [1.165, 1.54) is 35.2 Å². The molecule has 0 saturated carbocycles. The number of benzene rings is 1. The van der Waals surface area contributed by atoms with Gasteiger partial charge >= 0.3 is 12.2 Å². The van der Waals surface area contributed by atoms with Crippen LogP contribution in [0.15, 0.2) is 41.5 Å². The van der Waals surface area contributed by atoms with Crippen molar-refractivity contribution in [3.63, 3.8) is 0 Å². The second kappa shape index (κ2) is 10.8. The molecular weight excluding hydrogens is 597 g/mol. The van der Waals surface area contributed by atoms with E-state index in [0.29, 0.717) is 5.56 Å². The fourth-order valence-corrected chi connectivity index (χ4v) is 5.32. The first-order chi connectivity index (χ1) is 20.5. The summed E-state index contributed by atoms with van der Waals surface area (Å²) < 4.78 is 26.6. The molecule has 0 aliphatic carbocycles. The lowest BCUT2D eigenvalue weighted by molar-refractivity contribution is 0.0122. The summed E-state index contributed by atoms with van der Waals surface area (Å²) in [5.74, 6) is -1.10. The molecule has 0 bridgehead atoms. The molecule has 13 nitrogen and oxygen atoms in total. The van der Waals surface area contributed by atoms with Crippen molar-refractivity contribution in [2.24, 2.45) is 0 Å². The fraction of sp³-hybridized carbons (Fsp3) is 0.379. The summed E-state index contributed by atoms with van der Waals surface area (Å²) in [5.41, 5.74) is -3.48. The van der Waals surface area contributed by atoms with Crippen molar-refractivity contribution in [1.29, 1.82) is 0 Å². The zero-order chi connectivity index (χ0) is 32.2. The monoisotopic (exact) mass is 627 g/mol. The standard InChI is InChI=1S/C29H31ClFN7O6/c1-27(2,3)43-25(41)35-21-11-20(32-14-33-21)34-19-10-18(30)22-23(39)36-29(38(22)24(19)40)13-37(26(42)44-28(4,5)6)12-15-7-8-16(31)9-17(15)29/h7-11,14H,12-13H2,1-6H3,(H,36,39)(H2,32,33,34,35,41). The Kier molecular flexibility index (Phi) is 7.52. The van der Waals surface area contributed by atoms with Crippen molar-refractivity contribution < 1.29 is 28.2 Å². The number of pyridine rings is 1. The molecule has 1 aromatic carbocycles. The van der Waals surface area contributed by atoms with Gasteiger partial charge in [0, 0.05) is 18.2 Å². The van der Waals surface area contributed by atoms with Crippen LogP contribution in [-0.2, 0) is 21.7 Å². The molecule has 232 valence electrons. The number of rotatable bonds is 3. The van der Waals surface area contributed by atoms with E-state index in [0.717, 1.165) is 10.9 Å². The number of fused-ring (bicyclic) bond motifs is 4. The van der Waals surface area contributed by atoms with Gasteiger partial charge in [-0.05, 0) is 65.3 Å². The van der Waals surface area contributed by atoms with Crippen LogP contribution in [0.4, 0.5) is 31.3 Å². The van der Waals surface area contributed by atoms with Crippen LogP contribution in [0, 0.1) is 5.82 Å². The summed E-state index contributed by atoms with van der Waals surface area (Å²) in [6.07, 6.45) is -0.270. The van der Waals surface area contributed by atoms with Crippen LogP contribution in [0.1, 0.15) is 63.2 Å². The number of carbonyl (C=O) groups excluding carboxylic acids is 3. The van der Waals surface area contributed by atoms with Gasteiger partial charge in [-0.2, -0.15) is 0 Å². The minimum atomic E-state index is -1.72. The van der Waals surface area contributed by atoms with E-state index in [4.69, 9.17) is 21.1 Å². The van der Waals surface area contributed by atoms with E-state index in [1.807, 2.05) is 0 Å². The Morgan fingerprint density at radius 3 is 2.39 bits per heavy atom. The average molecular weight is 628 g/mol. The number of anilines is 3. The highest BCUT2D eigenvalue weighted by Gasteiger charge is 2.52. The van der Waals surface area contributed by atoms with Gasteiger partial charge in [-0.25, -0.2) is 23.9 Å². The zero-order valence-electron chi connectivity index (χ0n) is 24.9. The molecule has 4 heterocycles. The number of hydrogen-bond donors (Lipinski definition) is 3. The van der Waals surface area contributed by atoms with Crippen LogP contribution < -0.4 is 21.5 Å². The minimum absolute atomic E-state index is 0.0479. The Morgan fingerprint density at radius 1 is 1.02 bits per heavy atom. The molecule has 1 unspecified atom stereocenters. The quantitative estimate of drug-likeness (QED) is 0.374. The molecule has 2 aliphatic rings. The average Bonchev–Trinajstić information content (AvgIpc) is 3.18.